The Balaban J connectivity index is 1.74. The van der Waals surface area contributed by atoms with Crippen LogP contribution in [-0.4, -0.2) is 12.5 Å². The lowest BCUT2D eigenvalue weighted by molar-refractivity contribution is -0.119. The third-order valence-electron chi connectivity index (χ3n) is 5.86. The number of benzene rings is 4. The maximum Gasteiger partial charge on any atom is 0.239 e. The van der Waals surface area contributed by atoms with Crippen molar-refractivity contribution in [3.8, 4) is 5.75 Å². The molecule has 4 aromatic carbocycles. The van der Waals surface area contributed by atoms with Crippen molar-refractivity contribution in [2.75, 3.05) is 11.9 Å². The molecule has 0 aromatic heterocycles. The second-order valence-corrected chi connectivity index (χ2v) is 8.67. The van der Waals surface area contributed by atoms with Crippen molar-refractivity contribution in [2.24, 2.45) is 5.92 Å². The van der Waals surface area contributed by atoms with Crippen LogP contribution in [0, 0.1) is 5.92 Å². The van der Waals surface area contributed by atoms with Crippen LogP contribution < -0.4 is 10.1 Å². The summed E-state index contributed by atoms with van der Waals surface area (Å²) in [5.74, 6) is 1.20. The summed E-state index contributed by atoms with van der Waals surface area (Å²) in [4.78, 5) is 13.8. The molecular formula is C29H29NO2. The molecule has 4 aromatic rings. The van der Waals surface area contributed by atoms with Gasteiger partial charge in [-0.2, -0.15) is 0 Å². The molecule has 0 unspecified atom stereocenters. The van der Waals surface area contributed by atoms with Crippen LogP contribution in [0.1, 0.15) is 31.9 Å². The molecule has 0 spiro atoms. The molecule has 0 aliphatic heterocycles. The zero-order chi connectivity index (χ0) is 22.6. The van der Waals surface area contributed by atoms with Crippen LogP contribution in [-0.2, 0) is 10.2 Å². The molecule has 0 saturated heterocycles. The van der Waals surface area contributed by atoms with Crippen LogP contribution in [0.4, 0.5) is 5.69 Å². The van der Waals surface area contributed by atoms with Crippen molar-refractivity contribution in [3.63, 3.8) is 0 Å². The first-order valence-electron chi connectivity index (χ1n) is 11.1. The number of rotatable bonds is 7. The summed E-state index contributed by atoms with van der Waals surface area (Å²) in [7, 11) is 0. The van der Waals surface area contributed by atoms with E-state index >= 15 is 0 Å². The van der Waals surface area contributed by atoms with Gasteiger partial charge in [-0.1, -0.05) is 98.8 Å². The number of amides is 1. The Morgan fingerprint density at radius 1 is 0.781 bits per heavy atom. The largest absolute Gasteiger partial charge is 0.493 e. The highest BCUT2D eigenvalue weighted by molar-refractivity contribution is 6.08. The van der Waals surface area contributed by atoms with E-state index in [0.29, 0.717) is 12.5 Å². The Labute approximate surface area is 190 Å². The molecule has 0 aliphatic rings. The molecular weight excluding hydrogens is 394 g/mol. The van der Waals surface area contributed by atoms with Gasteiger partial charge >= 0.3 is 0 Å². The van der Waals surface area contributed by atoms with E-state index in [2.05, 4.69) is 19.2 Å². The molecule has 162 valence electrons. The van der Waals surface area contributed by atoms with Gasteiger partial charge in [-0.25, -0.2) is 0 Å². The van der Waals surface area contributed by atoms with Gasteiger partial charge in [0.05, 0.1) is 12.0 Å². The zero-order valence-corrected chi connectivity index (χ0v) is 18.8. The SMILES string of the molecule is CC(C)COc1ccc(NC(=O)C(C)(c2ccccc2)c2ccccc2)c2ccccc12. The van der Waals surface area contributed by atoms with Gasteiger partial charge in [-0.3, -0.25) is 4.79 Å². The molecule has 1 amide bonds. The van der Waals surface area contributed by atoms with Gasteiger partial charge in [0.1, 0.15) is 5.75 Å². The predicted molar refractivity (Wildman–Crippen MR) is 132 cm³/mol. The third kappa shape index (κ3) is 4.24. The first-order chi connectivity index (χ1) is 15.5. The predicted octanol–water partition coefficient (Wildman–Crippen LogP) is 6.82. The highest BCUT2D eigenvalue weighted by Gasteiger charge is 2.37. The number of carbonyl (C=O) groups excluding carboxylic acids is 1. The number of ether oxygens (including phenoxy) is 1. The van der Waals surface area contributed by atoms with Crippen molar-refractivity contribution in [1.82, 2.24) is 0 Å². The minimum Gasteiger partial charge on any atom is -0.493 e. The lowest BCUT2D eigenvalue weighted by Gasteiger charge is -2.30. The maximum atomic E-state index is 13.8. The summed E-state index contributed by atoms with van der Waals surface area (Å²) in [5, 5.41) is 5.18. The number of anilines is 1. The van der Waals surface area contributed by atoms with Gasteiger partial charge in [0.2, 0.25) is 5.91 Å². The van der Waals surface area contributed by atoms with Crippen molar-refractivity contribution < 1.29 is 9.53 Å². The lowest BCUT2D eigenvalue weighted by Crippen LogP contribution is -2.38. The molecule has 0 radical (unpaired) electrons. The van der Waals surface area contributed by atoms with E-state index in [1.807, 2.05) is 104 Å². The smallest absolute Gasteiger partial charge is 0.239 e. The van der Waals surface area contributed by atoms with Crippen molar-refractivity contribution in [2.45, 2.75) is 26.2 Å². The molecule has 0 heterocycles. The molecule has 0 aliphatic carbocycles. The van der Waals surface area contributed by atoms with Crippen LogP contribution in [0.5, 0.6) is 5.75 Å². The first-order valence-corrected chi connectivity index (χ1v) is 11.1. The number of carbonyl (C=O) groups is 1. The molecule has 0 bridgehead atoms. The van der Waals surface area contributed by atoms with E-state index < -0.39 is 5.41 Å². The standard InChI is InChI=1S/C29H29NO2/c1-21(2)20-32-27-19-18-26(24-16-10-11-17-25(24)27)30-28(31)29(3,22-12-6-4-7-13-22)23-14-8-5-9-15-23/h4-19,21H,20H2,1-3H3,(H,30,31). The molecule has 0 atom stereocenters. The van der Waals surface area contributed by atoms with Crippen LogP contribution >= 0.6 is 0 Å². The molecule has 3 nitrogen and oxygen atoms in total. The van der Waals surface area contributed by atoms with Crippen LogP contribution in [0.15, 0.2) is 97.1 Å². The van der Waals surface area contributed by atoms with E-state index in [1.54, 1.807) is 0 Å². The van der Waals surface area contributed by atoms with Gasteiger partial charge in [0.25, 0.3) is 0 Å². The van der Waals surface area contributed by atoms with Gasteiger partial charge in [0, 0.05) is 16.5 Å². The van der Waals surface area contributed by atoms with Crippen LogP contribution in [0.2, 0.25) is 0 Å². The second-order valence-electron chi connectivity index (χ2n) is 8.67. The van der Waals surface area contributed by atoms with Crippen molar-refractivity contribution in [3.05, 3.63) is 108 Å². The summed E-state index contributed by atoms with van der Waals surface area (Å²) < 4.78 is 6.03. The molecule has 1 N–H and O–H groups in total. The van der Waals surface area contributed by atoms with E-state index in [0.717, 1.165) is 33.3 Å². The highest BCUT2D eigenvalue weighted by Crippen LogP contribution is 2.36. The van der Waals surface area contributed by atoms with Crippen molar-refractivity contribution in [1.29, 1.82) is 0 Å². The minimum absolute atomic E-state index is 0.0732. The molecule has 0 fully saturated rings. The summed E-state index contributed by atoms with van der Waals surface area (Å²) in [6.07, 6.45) is 0. The van der Waals surface area contributed by atoms with Crippen LogP contribution in [0.25, 0.3) is 10.8 Å². The first kappa shape index (κ1) is 21.6. The topological polar surface area (TPSA) is 38.3 Å². The maximum absolute atomic E-state index is 13.8. The summed E-state index contributed by atoms with van der Waals surface area (Å²) in [5.41, 5.74) is 1.84. The van der Waals surface area contributed by atoms with Gasteiger partial charge in [-0.05, 0) is 36.1 Å². The number of hydrogen-bond donors (Lipinski definition) is 1. The minimum atomic E-state index is -0.837. The van der Waals surface area contributed by atoms with Crippen molar-refractivity contribution >= 4 is 22.4 Å². The van der Waals surface area contributed by atoms with E-state index in [-0.39, 0.29) is 5.91 Å². The summed E-state index contributed by atoms with van der Waals surface area (Å²) in [6, 6.07) is 31.8. The Morgan fingerprint density at radius 2 is 1.31 bits per heavy atom. The normalized spacial score (nSPS) is 11.5. The number of fused-ring (bicyclic) bond motifs is 1. The highest BCUT2D eigenvalue weighted by atomic mass is 16.5. The van der Waals surface area contributed by atoms with E-state index in [4.69, 9.17) is 4.74 Å². The van der Waals surface area contributed by atoms with Gasteiger partial charge in [-0.15, -0.1) is 0 Å². The molecule has 3 heteroatoms. The zero-order valence-electron chi connectivity index (χ0n) is 18.8. The third-order valence-corrected chi connectivity index (χ3v) is 5.86. The Kier molecular flexibility index (Phi) is 6.27. The average molecular weight is 424 g/mol. The quantitative estimate of drug-likeness (QED) is 0.354. The Morgan fingerprint density at radius 3 is 1.88 bits per heavy atom. The molecule has 0 saturated carbocycles. The fourth-order valence-electron chi connectivity index (χ4n) is 3.98. The summed E-state index contributed by atoms with van der Waals surface area (Å²) in [6.45, 7) is 6.89. The fourth-order valence-corrected chi connectivity index (χ4v) is 3.98. The Hall–Kier alpha value is -3.59. The van der Waals surface area contributed by atoms with E-state index in [1.165, 1.54) is 0 Å². The van der Waals surface area contributed by atoms with Gasteiger partial charge < -0.3 is 10.1 Å². The molecule has 4 rings (SSSR count). The lowest BCUT2D eigenvalue weighted by atomic mass is 9.75. The summed E-state index contributed by atoms with van der Waals surface area (Å²) >= 11 is 0. The van der Waals surface area contributed by atoms with Gasteiger partial charge in [0.15, 0.2) is 0 Å². The average Bonchev–Trinajstić information content (AvgIpc) is 2.84. The Bertz CT molecular complexity index is 1160. The number of hydrogen-bond acceptors (Lipinski definition) is 2. The fraction of sp³-hybridized carbons (Fsp3) is 0.207. The van der Waals surface area contributed by atoms with E-state index in [9.17, 15) is 4.79 Å². The second kappa shape index (κ2) is 9.27. The molecule has 32 heavy (non-hydrogen) atoms. The van der Waals surface area contributed by atoms with Crippen LogP contribution in [0.3, 0.4) is 0 Å². The monoisotopic (exact) mass is 423 g/mol. The number of nitrogens with one attached hydrogen (secondary N) is 1.